The molecule has 4 saturated carbocycles. The highest BCUT2D eigenvalue weighted by molar-refractivity contribution is 6.01. The fourth-order valence-electron chi connectivity index (χ4n) is 16.4. The molecule has 0 aromatic heterocycles. The maximum Gasteiger partial charge on any atom is 0.397 e. The summed E-state index contributed by atoms with van der Waals surface area (Å²) < 4.78 is 131. The largest absolute Gasteiger partial charge is 0.397 e. The van der Waals surface area contributed by atoms with Crippen LogP contribution >= 0.6 is 0 Å². The highest BCUT2D eigenvalue weighted by atomic mass is 19.4. The van der Waals surface area contributed by atoms with Gasteiger partial charge in [0.1, 0.15) is 78.3 Å². The van der Waals surface area contributed by atoms with Crippen molar-refractivity contribution in [2.24, 2.45) is 35.5 Å². The van der Waals surface area contributed by atoms with Crippen molar-refractivity contribution in [3.8, 4) is 0 Å². The summed E-state index contributed by atoms with van der Waals surface area (Å²) in [6.07, 6.45) is -15.6. The molecule has 586 valence electrons. The zero-order chi connectivity index (χ0) is 77.4. The van der Waals surface area contributed by atoms with Crippen LogP contribution in [0, 0.1) is 35.5 Å². The van der Waals surface area contributed by atoms with Crippen molar-refractivity contribution in [1.82, 2.24) is 60.0 Å². The predicted octanol–water partition coefficient (Wildman–Crippen LogP) is 5.65. The van der Waals surface area contributed by atoms with Crippen LogP contribution in [-0.2, 0) is 57.5 Å². The van der Waals surface area contributed by atoms with E-state index in [1.54, 1.807) is 32.9 Å². The van der Waals surface area contributed by atoms with Crippen LogP contribution in [0.3, 0.4) is 0 Å². The number of carbonyl (C=O) groups excluding carboxylic acids is 12. The Balaban J connectivity index is 1.30. The number of nitrogens with zero attached hydrogens (tertiary/aromatic N) is 9. The molecular weight excluding hydrogens is 1380 g/mol. The first kappa shape index (κ1) is 84.0. The van der Waals surface area contributed by atoms with Crippen LogP contribution < -0.4 is 16.0 Å². The predicted molar refractivity (Wildman–Crippen MR) is 361 cm³/mol. The highest BCUT2D eigenvalue weighted by Gasteiger charge is 2.56. The second-order valence-electron chi connectivity index (χ2n) is 30.5. The summed E-state index contributed by atoms with van der Waals surface area (Å²) in [5, 5.41) is 8.06. The summed E-state index contributed by atoms with van der Waals surface area (Å²) >= 11 is 0. The number of hydrogen-bond donors (Lipinski definition) is 3. The van der Waals surface area contributed by atoms with Crippen molar-refractivity contribution in [2.45, 2.75) is 247 Å². The second kappa shape index (κ2) is 35.4. The van der Waals surface area contributed by atoms with Crippen molar-refractivity contribution in [3.05, 3.63) is 12.2 Å². The van der Waals surface area contributed by atoms with Crippen LogP contribution in [-0.4, -0.2) is 282 Å². The van der Waals surface area contributed by atoms with E-state index in [0.29, 0.717) is 38.5 Å². The number of rotatable bonds is 10. The van der Waals surface area contributed by atoms with Crippen LogP contribution in [0.1, 0.15) is 162 Å². The van der Waals surface area contributed by atoms with Gasteiger partial charge in [0.15, 0.2) is 0 Å². The lowest BCUT2D eigenvalue weighted by atomic mass is 9.74. The van der Waals surface area contributed by atoms with E-state index in [0.717, 1.165) is 29.4 Å². The molecule has 0 aromatic rings. The molecule has 3 N–H and O–H groups in total. The Morgan fingerprint density at radius 3 is 1.80 bits per heavy atom. The lowest BCUT2D eigenvalue weighted by Crippen LogP contribution is -2.68. The molecule has 3 heterocycles. The van der Waals surface area contributed by atoms with Gasteiger partial charge in [0.05, 0.1) is 32.0 Å². The Labute approximate surface area is 602 Å². The van der Waals surface area contributed by atoms with Crippen LogP contribution in [0.2, 0.25) is 0 Å². The summed E-state index contributed by atoms with van der Waals surface area (Å²) in [6, 6.07) is -11.8. The second-order valence-corrected chi connectivity index (χ2v) is 30.5. The van der Waals surface area contributed by atoms with Gasteiger partial charge in [0, 0.05) is 69.3 Å². The lowest BCUT2D eigenvalue weighted by Gasteiger charge is -2.46. The number of nitrogens with one attached hydrogen (secondary N) is 3. The Bertz CT molecular complexity index is 3130. The fraction of sp³-hybridized carbons (Fsp3) is 0.803. The smallest absolute Gasteiger partial charge is 0.347 e. The average Bonchev–Trinajstić information content (AvgIpc) is 1.16. The molecule has 2 unspecified atom stereocenters. The van der Waals surface area contributed by atoms with Crippen molar-refractivity contribution in [2.75, 3.05) is 82.6 Å². The Morgan fingerprint density at radius 2 is 1.24 bits per heavy atom. The number of halogens is 9. The van der Waals surface area contributed by atoms with E-state index in [-0.39, 0.29) is 70.8 Å². The molecule has 2 saturated heterocycles. The lowest BCUT2D eigenvalue weighted by molar-refractivity contribution is -0.219. The zero-order valence-corrected chi connectivity index (χ0v) is 61.7. The van der Waals surface area contributed by atoms with Gasteiger partial charge in [-0.1, -0.05) is 52.2 Å². The van der Waals surface area contributed by atoms with Gasteiger partial charge in [0.2, 0.25) is 70.9 Å². The van der Waals surface area contributed by atoms with E-state index in [1.165, 1.54) is 71.1 Å². The molecule has 0 radical (unpaired) electrons. The first-order chi connectivity index (χ1) is 48.7. The molecule has 12 atom stereocenters. The number of hydrogen-bond acceptors (Lipinski definition) is 12. The third kappa shape index (κ3) is 19.7. The summed E-state index contributed by atoms with van der Waals surface area (Å²) in [5.41, 5.74) is -1.77. The van der Waals surface area contributed by atoms with E-state index in [4.69, 9.17) is 0 Å². The van der Waals surface area contributed by atoms with Crippen molar-refractivity contribution >= 4 is 70.9 Å². The molecule has 6 fully saturated rings. The third-order valence-electron chi connectivity index (χ3n) is 23.2. The van der Waals surface area contributed by atoms with E-state index in [9.17, 15) is 59.9 Å². The average molecular weight is 1490 g/mol. The number of carbonyl (C=O) groups is 12. The topological polar surface area (TPSA) is 270 Å². The van der Waals surface area contributed by atoms with Gasteiger partial charge >= 0.3 is 12.4 Å². The van der Waals surface area contributed by atoms with E-state index in [2.05, 4.69) is 16.0 Å². The van der Waals surface area contributed by atoms with Gasteiger partial charge < -0.3 is 60.0 Å². The van der Waals surface area contributed by atoms with Gasteiger partial charge in [0.25, 0.3) is 0 Å². The molecule has 0 aromatic carbocycles. The first-order valence-electron chi connectivity index (χ1n) is 36.7. The van der Waals surface area contributed by atoms with E-state index in [1.807, 2.05) is 0 Å². The summed E-state index contributed by atoms with van der Waals surface area (Å²) in [6.45, 7) is 2.50. The molecule has 7 aliphatic rings. The molecule has 12 amide bonds. The molecule has 7 rings (SSSR count). The molecule has 3 aliphatic heterocycles. The Kier molecular flexibility index (Phi) is 28.6. The molecule has 2 bridgehead atoms. The minimum Gasteiger partial charge on any atom is -0.347 e. The number of likely N-dealkylation sites (N-methyl/N-ethyl adjacent to an activating group) is 7. The van der Waals surface area contributed by atoms with Crippen LogP contribution in [0.25, 0.3) is 0 Å². The monoisotopic (exact) mass is 1490 g/mol. The van der Waals surface area contributed by atoms with Gasteiger partial charge in [-0.15, -0.1) is 0 Å². The van der Waals surface area contributed by atoms with Gasteiger partial charge in [-0.2, -0.15) is 26.3 Å². The first-order valence-corrected chi connectivity index (χ1v) is 36.7. The fourth-order valence-corrected chi connectivity index (χ4v) is 16.4. The minimum absolute atomic E-state index is 0.00624. The maximum absolute atomic E-state index is 16.1. The maximum atomic E-state index is 16.1. The summed E-state index contributed by atoms with van der Waals surface area (Å²) in [5.74, 6) is -17.6. The highest BCUT2D eigenvalue weighted by Crippen LogP contribution is 2.46. The number of fused-ring (bicyclic) bond motifs is 3. The summed E-state index contributed by atoms with van der Waals surface area (Å²) in [7, 11) is 10.6. The number of amides is 12. The standard InChI is InChI=1S/C71H107F9N12O12/c1-12-40(3)58-66(102)86(7)39-56(95)88(9)50-22-15-14-18-31-91(65(50)101)53(34-41-23-26-44(27-24-41)70(75,76)77)64(100)85(6)38-54(93)81-48(28-25-42-32-46(73)57(47(74)33-42)71(78,79)80)62(98)92-37-45(72)35-51(92)61(97)83-69(29-19-30-69)68(104)90(11)59(43-20-16-17-21-43)67(103)89(10)52(63(99)84(4)5)36-55(94)87(8)49(13-2)60(96)82-58/h14-15,40-53,57-59H,12-13,16-39H2,1-11H3,(H,81,93)(H,82,96)(H,83,97)/b15-14-/t40-,41?,42?,44?,45-,46?,47?,48-,49-,50-,51-,52-,53-,57?,58-,59-/m0/s1. The van der Waals surface area contributed by atoms with Gasteiger partial charge in [-0.05, 0) is 133 Å². The third-order valence-corrected chi connectivity index (χ3v) is 23.2. The molecule has 104 heavy (non-hydrogen) atoms. The van der Waals surface area contributed by atoms with Crippen molar-refractivity contribution in [1.29, 1.82) is 0 Å². The molecule has 4 aliphatic carbocycles. The molecule has 1 spiro atoms. The Hall–Kier alpha value is -7.25. The summed E-state index contributed by atoms with van der Waals surface area (Å²) in [4.78, 5) is 188. The minimum atomic E-state index is -5.24. The van der Waals surface area contributed by atoms with E-state index < -0.39 is 249 Å². The SMILES string of the molecule is CC[C@H](C)[C@@H]1NC(=O)[C@H](CC)N(C)C(=O)C[C@@H](C(=O)N(C)C)N(C)C(=O)[C@H](C2CCCC2)N(C)C(=O)C2(CCC2)NC(=O)[C@@H]2C[C@H](F)CN2C(=O)[C@H](CCC2CC(F)C(C(F)(F)F)C(F)C2)NC(=O)CN(C)C(=O)[C@H](CC2CCC(C(F)(F)F)CC2)N2CC/C=C\C[C@@H](C2=O)N(C)C(=O)CN(C)C1=O. The zero-order valence-electron chi connectivity index (χ0n) is 61.7. The van der Waals surface area contributed by atoms with Crippen LogP contribution in [0.5, 0.6) is 0 Å². The van der Waals surface area contributed by atoms with Crippen molar-refractivity contribution < 1.29 is 97.0 Å². The Morgan fingerprint density at radius 1 is 0.625 bits per heavy atom. The van der Waals surface area contributed by atoms with Crippen molar-refractivity contribution in [3.63, 3.8) is 0 Å². The molecule has 24 nitrogen and oxygen atoms in total. The number of alkyl halides is 9. The van der Waals surface area contributed by atoms with Crippen LogP contribution in [0.15, 0.2) is 12.2 Å². The van der Waals surface area contributed by atoms with Gasteiger partial charge in [-0.25, -0.2) is 13.2 Å². The molecule has 33 heteroatoms. The van der Waals surface area contributed by atoms with Crippen LogP contribution in [0.4, 0.5) is 39.5 Å². The van der Waals surface area contributed by atoms with E-state index >= 15 is 37.1 Å². The normalized spacial score (nSPS) is 32.7. The molecular formula is C71H107F9N12O12. The van der Waals surface area contributed by atoms with Gasteiger partial charge in [-0.3, -0.25) is 57.5 Å². The quantitative estimate of drug-likeness (QED) is 0.177.